The van der Waals surface area contributed by atoms with Crippen molar-refractivity contribution in [1.29, 1.82) is 0 Å². The summed E-state index contributed by atoms with van der Waals surface area (Å²) in [6.07, 6.45) is 6.32. The molecule has 0 amide bonds. The maximum Gasteiger partial charge on any atom is 0.132 e. The molecule has 0 spiro atoms. The van der Waals surface area contributed by atoms with Crippen LogP contribution in [0.4, 0.5) is 0 Å². The first-order valence-corrected chi connectivity index (χ1v) is 7.37. The molecular formula is C15H29NO. The summed E-state index contributed by atoms with van der Waals surface area (Å²) in [4.78, 5) is 13.9. The van der Waals surface area contributed by atoms with Gasteiger partial charge in [0.1, 0.15) is 5.78 Å². The molecule has 100 valence electrons. The molecule has 0 aromatic rings. The molecule has 0 aromatic heterocycles. The Bertz CT molecular complexity index is 217. The van der Waals surface area contributed by atoms with Gasteiger partial charge in [-0.1, -0.05) is 20.8 Å². The van der Waals surface area contributed by atoms with Crippen LogP contribution in [0.5, 0.6) is 0 Å². The highest BCUT2D eigenvalue weighted by atomic mass is 16.1. The molecule has 0 unspecified atom stereocenters. The van der Waals surface area contributed by atoms with Crippen LogP contribution in [0.1, 0.15) is 59.3 Å². The van der Waals surface area contributed by atoms with Crippen molar-refractivity contribution in [2.24, 2.45) is 11.8 Å². The summed E-state index contributed by atoms with van der Waals surface area (Å²) in [5.41, 5.74) is 0. The SMILES string of the molecule is CCCC(=O)CCCN1CCC(C(C)C)CC1. The minimum Gasteiger partial charge on any atom is -0.303 e. The number of rotatable bonds is 7. The molecule has 0 atom stereocenters. The lowest BCUT2D eigenvalue weighted by molar-refractivity contribution is -0.119. The summed E-state index contributed by atoms with van der Waals surface area (Å²) in [6, 6.07) is 0. The number of piperidine rings is 1. The fourth-order valence-corrected chi connectivity index (χ4v) is 2.75. The second-order valence-electron chi connectivity index (χ2n) is 5.82. The first-order valence-electron chi connectivity index (χ1n) is 7.37. The minimum absolute atomic E-state index is 0.449. The lowest BCUT2D eigenvalue weighted by Crippen LogP contribution is -2.35. The summed E-state index contributed by atoms with van der Waals surface area (Å²) in [5, 5.41) is 0. The Kier molecular flexibility index (Phi) is 6.79. The molecule has 17 heavy (non-hydrogen) atoms. The Labute approximate surface area is 107 Å². The summed E-state index contributed by atoms with van der Waals surface area (Å²) in [5.74, 6) is 2.21. The number of carbonyl (C=O) groups is 1. The van der Waals surface area contributed by atoms with Gasteiger partial charge in [0.25, 0.3) is 0 Å². The molecule has 1 heterocycles. The van der Waals surface area contributed by atoms with Crippen molar-refractivity contribution in [3.63, 3.8) is 0 Å². The van der Waals surface area contributed by atoms with E-state index < -0.39 is 0 Å². The average Bonchev–Trinajstić information content (AvgIpc) is 2.30. The monoisotopic (exact) mass is 239 g/mol. The highest BCUT2D eigenvalue weighted by molar-refractivity contribution is 5.78. The van der Waals surface area contributed by atoms with Gasteiger partial charge >= 0.3 is 0 Å². The summed E-state index contributed by atoms with van der Waals surface area (Å²) in [6.45, 7) is 10.4. The molecule has 2 heteroatoms. The van der Waals surface area contributed by atoms with Gasteiger partial charge in [0.15, 0.2) is 0 Å². The molecule has 1 fully saturated rings. The van der Waals surface area contributed by atoms with E-state index >= 15 is 0 Å². The Balaban J connectivity index is 2.08. The van der Waals surface area contributed by atoms with Gasteiger partial charge in [0.05, 0.1) is 0 Å². The van der Waals surface area contributed by atoms with Crippen molar-refractivity contribution >= 4 is 5.78 Å². The molecule has 1 aliphatic rings. The zero-order valence-electron chi connectivity index (χ0n) is 11.9. The maximum atomic E-state index is 11.4. The molecule has 0 aliphatic carbocycles. The molecule has 1 saturated heterocycles. The Hall–Kier alpha value is -0.370. The fourth-order valence-electron chi connectivity index (χ4n) is 2.75. The van der Waals surface area contributed by atoms with E-state index in [2.05, 4.69) is 25.7 Å². The van der Waals surface area contributed by atoms with E-state index in [0.717, 1.165) is 44.1 Å². The molecule has 0 saturated carbocycles. The number of nitrogens with zero attached hydrogens (tertiary/aromatic N) is 1. The van der Waals surface area contributed by atoms with Gasteiger partial charge in [-0.05, 0) is 57.2 Å². The molecule has 0 radical (unpaired) electrons. The normalized spacial score (nSPS) is 18.8. The van der Waals surface area contributed by atoms with Gasteiger partial charge in [-0.3, -0.25) is 4.79 Å². The summed E-state index contributed by atoms with van der Waals surface area (Å²) in [7, 11) is 0. The quantitative estimate of drug-likeness (QED) is 0.677. The minimum atomic E-state index is 0.449. The van der Waals surface area contributed by atoms with Crippen LogP contribution in [0.25, 0.3) is 0 Å². The van der Waals surface area contributed by atoms with Crippen LogP contribution < -0.4 is 0 Å². The Morgan fingerprint density at radius 1 is 1.24 bits per heavy atom. The molecule has 2 nitrogen and oxygen atoms in total. The molecule has 0 aromatic carbocycles. The predicted molar refractivity (Wildman–Crippen MR) is 73.2 cm³/mol. The highest BCUT2D eigenvalue weighted by Crippen LogP contribution is 2.24. The first kappa shape index (κ1) is 14.7. The third-order valence-electron chi connectivity index (χ3n) is 4.03. The standard InChI is InChI=1S/C15H29NO/c1-4-6-15(17)7-5-10-16-11-8-14(9-12-16)13(2)3/h13-14H,4-12H2,1-3H3. The molecule has 0 bridgehead atoms. The van der Waals surface area contributed by atoms with Crippen LogP contribution in [-0.4, -0.2) is 30.3 Å². The number of carbonyl (C=O) groups excluding carboxylic acids is 1. The first-order chi connectivity index (χ1) is 8.13. The van der Waals surface area contributed by atoms with Gasteiger partial charge in [-0.15, -0.1) is 0 Å². The number of Topliss-reactive ketones (excluding diaryl/α,β-unsaturated/α-hetero) is 1. The second-order valence-corrected chi connectivity index (χ2v) is 5.82. The van der Waals surface area contributed by atoms with E-state index in [0.29, 0.717) is 5.78 Å². The Morgan fingerprint density at radius 3 is 2.41 bits per heavy atom. The van der Waals surface area contributed by atoms with Gasteiger partial charge in [0, 0.05) is 12.8 Å². The Morgan fingerprint density at radius 2 is 1.88 bits per heavy atom. The molecular weight excluding hydrogens is 210 g/mol. The van der Waals surface area contributed by atoms with Crippen molar-refractivity contribution in [2.75, 3.05) is 19.6 Å². The molecule has 1 aliphatic heterocycles. The van der Waals surface area contributed by atoms with Crippen LogP contribution in [0.2, 0.25) is 0 Å². The summed E-state index contributed by atoms with van der Waals surface area (Å²) < 4.78 is 0. The van der Waals surface area contributed by atoms with E-state index in [1.807, 2.05) is 0 Å². The number of hydrogen-bond donors (Lipinski definition) is 0. The lowest BCUT2D eigenvalue weighted by Gasteiger charge is -2.33. The number of hydrogen-bond acceptors (Lipinski definition) is 2. The van der Waals surface area contributed by atoms with Crippen LogP contribution in [-0.2, 0) is 4.79 Å². The van der Waals surface area contributed by atoms with Gasteiger partial charge in [0.2, 0.25) is 0 Å². The zero-order valence-corrected chi connectivity index (χ0v) is 11.9. The van der Waals surface area contributed by atoms with E-state index in [4.69, 9.17) is 0 Å². The number of ketones is 1. The van der Waals surface area contributed by atoms with E-state index in [9.17, 15) is 4.79 Å². The second kappa shape index (κ2) is 7.86. The van der Waals surface area contributed by atoms with Crippen molar-refractivity contribution in [3.8, 4) is 0 Å². The lowest BCUT2D eigenvalue weighted by atomic mass is 9.87. The smallest absolute Gasteiger partial charge is 0.132 e. The molecule has 1 rings (SSSR count). The van der Waals surface area contributed by atoms with Gasteiger partial charge < -0.3 is 4.90 Å². The van der Waals surface area contributed by atoms with Gasteiger partial charge in [-0.2, -0.15) is 0 Å². The van der Waals surface area contributed by atoms with Crippen molar-refractivity contribution in [1.82, 2.24) is 4.90 Å². The average molecular weight is 239 g/mol. The van der Waals surface area contributed by atoms with Crippen molar-refractivity contribution in [2.45, 2.75) is 59.3 Å². The van der Waals surface area contributed by atoms with Crippen LogP contribution >= 0.6 is 0 Å². The molecule has 0 N–H and O–H groups in total. The van der Waals surface area contributed by atoms with Crippen molar-refractivity contribution < 1.29 is 4.79 Å². The maximum absolute atomic E-state index is 11.4. The van der Waals surface area contributed by atoms with Crippen LogP contribution in [0.3, 0.4) is 0 Å². The van der Waals surface area contributed by atoms with E-state index in [-0.39, 0.29) is 0 Å². The van der Waals surface area contributed by atoms with Crippen LogP contribution in [0.15, 0.2) is 0 Å². The van der Waals surface area contributed by atoms with Crippen molar-refractivity contribution in [3.05, 3.63) is 0 Å². The van der Waals surface area contributed by atoms with E-state index in [1.54, 1.807) is 0 Å². The topological polar surface area (TPSA) is 20.3 Å². The highest BCUT2D eigenvalue weighted by Gasteiger charge is 2.20. The van der Waals surface area contributed by atoms with Gasteiger partial charge in [-0.25, -0.2) is 0 Å². The largest absolute Gasteiger partial charge is 0.303 e. The number of likely N-dealkylation sites (tertiary alicyclic amines) is 1. The predicted octanol–water partition coefficient (Wildman–Crippen LogP) is 3.50. The van der Waals surface area contributed by atoms with E-state index in [1.165, 1.54) is 25.9 Å². The summed E-state index contributed by atoms with van der Waals surface area (Å²) >= 11 is 0. The fraction of sp³-hybridized carbons (Fsp3) is 0.933. The third kappa shape index (κ3) is 5.67. The third-order valence-corrected chi connectivity index (χ3v) is 4.03. The zero-order chi connectivity index (χ0) is 12.7. The van der Waals surface area contributed by atoms with Crippen LogP contribution in [0, 0.1) is 11.8 Å².